The molecule has 0 aromatic rings. The average molecular weight is 1450 g/mol. The lowest BCUT2D eigenvalue weighted by atomic mass is 10.0. The van der Waals surface area contributed by atoms with E-state index in [9.17, 15) is 43.2 Å². The molecule has 0 aromatic heterocycles. The summed E-state index contributed by atoms with van der Waals surface area (Å²) in [4.78, 5) is 72.9. The van der Waals surface area contributed by atoms with Gasteiger partial charge < -0.3 is 33.8 Å². The van der Waals surface area contributed by atoms with E-state index in [0.717, 1.165) is 180 Å². The van der Waals surface area contributed by atoms with E-state index in [4.69, 9.17) is 37.0 Å². The molecule has 19 heteroatoms. The van der Waals surface area contributed by atoms with Crippen molar-refractivity contribution in [3.8, 4) is 0 Å². The molecule has 100 heavy (non-hydrogen) atoms. The maximum Gasteiger partial charge on any atom is 0.472 e. The maximum atomic E-state index is 13.1. The van der Waals surface area contributed by atoms with E-state index in [1.165, 1.54) is 77.0 Å². The third kappa shape index (κ3) is 72.3. The van der Waals surface area contributed by atoms with Crippen molar-refractivity contribution in [3.63, 3.8) is 0 Å². The Morgan fingerprint density at radius 1 is 0.290 bits per heavy atom. The van der Waals surface area contributed by atoms with E-state index in [2.05, 4.69) is 125 Å². The fraction of sp³-hybridized carbons (Fsp3) is 0.753. The Hall–Kier alpha value is -4.02. The number of allylic oxidation sites excluding steroid dienone is 16. The Balaban J connectivity index is 5.32. The van der Waals surface area contributed by atoms with Crippen LogP contribution in [0.15, 0.2) is 97.2 Å². The number of esters is 4. The van der Waals surface area contributed by atoms with E-state index in [0.29, 0.717) is 25.7 Å². The van der Waals surface area contributed by atoms with Crippen molar-refractivity contribution in [1.29, 1.82) is 0 Å². The molecular weight excluding hydrogens is 1310 g/mol. The van der Waals surface area contributed by atoms with Gasteiger partial charge in [0.1, 0.15) is 19.3 Å². The molecule has 0 aliphatic rings. The van der Waals surface area contributed by atoms with E-state index in [-0.39, 0.29) is 25.7 Å². The molecule has 0 aliphatic heterocycles. The maximum absolute atomic E-state index is 13.1. The summed E-state index contributed by atoms with van der Waals surface area (Å²) >= 11 is 0. The first-order valence-corrected chi connectivity index (χ1v) is 42.5. The molecule has 0 aliphatic carbocycles. The first-order chi connectivity index (χ1) is 48.7. The van der Waals surface area contributed by atoms with Gasteiger partial charge >= 0.3 is 39.5 Å². The average Bonchev–Trinajstić information content (AvgIpc) is 0.985. The molecule has 0 amide bonds. The van der Waals surface area contributed by atoms with E-state index in [1.807, 2.05) is 0 Å². The number of ether oxygens (including phenoxy) is 4. The molecule has 0 saturated carbocycles. The second-order valence-corrected chi connectivity index (χ2v) is 29.2. The summed E-state index contributed by atoms with van der Waals surface area (Å²) in [5.74, 6) is -2.20. The smallest absolute Gasteiger partial charge is 0.462 e. The lowest BCUT2D eigenvalue weighted by molar-refractivity contribution is -0.161. The lowest BCUT2D eigenvalue weighted by Crippen LogP contribution is -2.30. The number of phosphoric ester groups is 2. The third-order valence-corrected chi connectivity index (χ3v) is 18.4. The van der Waals surface area contributed by atoms with Crippen LogP contribution in [0.3, 0.4) is 0 Å². The highest BCUT2D eigenvalue weighted by molar-refractivity contribution is 7.47. The first kappa shape index (κ1) is 96.0. The summed E-state index contributed by atoms with van der Waals surface area (Å²) in [6.45, 7) is 4.61. The zero-order chi connectivity index (χ0) is 73.2. The molecule has 17 nitrogen and oxygen atoms in total. The van der Waals surface area contributed by atoms with Crippen molar-refractivity contribution >= 4 is 39.5 Å². The van der Waals surface area contributed by atoms with Crippen molar-refractivity contribution < 1.29 is 80.2 Å². The zero-order valence-corrected chi connectivity index (χ0v) is 64.9. The van der Waals surface area contributed by atoms with Crippen molar-refractivity contribution in [2.75, 3.05) is 39.6 Å². The van der Waals surface area contributed by atoms with Gasteiger partial charge in [-0.1, -0.05) is 292 Å². The number of rotatable bonds is 74. The van der Waals surface area contributed by atoms with Crippen molar-refractivity contribution in [1.82, 2.24) is 0 Å². The van der Waals surface area contributed by atoms with Crippen LogP contribution in [0.4, 0.5) is 0 Å². The molecule has 0 rings (SSSR count). The Bertz CT molecular complexity index is 2270. The van der Waals surface area contributed by atoms with Crippen LogP contribution < -0.4 is 0 Å². The highest BCUT2D eigenvalue weighted by atomic mass is 31.2. The number of aliphatic hydroxyl groups excluding tert-OH is 1. The van der Waals surface area contributed by atoms with Gasteiger partial charge in [-0.3, -0.25) is 37.3 Å². The molecular formula is C81H142O17P2. The predicted octanol–water partition coefficient (Wildman–Crippen LogP) is 22.8. The van der Waals surface area contributed by atoms with Crippen molar-refractivity contribution in [2.45, 2.75) is 354 Å². The van der Waals surface area contributed by atoms with Gasteiger partial charge in [0.2, 0.25) is 0 Å². The Kier molecular flexibility index (Phi) is 70.4. The highest BCUT2D eigenvalue weighted by Gasteiger charge is 2.30. The summed E-state index contributed by atoms with van der Waals surface area (Å²) in [6, 6.07) is 0. The van der Waals surface area contributed by atoms with Crippen molar-refractivity contribution in [3.05, 3.63) is 97.2 Å². The second kappa shape index (κ2) is 73.3. The minimum absolute atomic E-state index is 0.0811. The van der Waals surface area contributed by atoms with Gasteiger partial charge in [-0.15, -0.1) is 0 Å². The third-order valence-electron chi connectivity index (χ3n) is 16.5. The lowest BCUT2D eigenvalue weighted by Gasteiger charge is -2.21. The summed E-state index contributed by atoms with van der Waals surface area (Å²) in [7, 11) is -9.95. The minimum atomic E-state index is -4.98. The minimum Gasteiger partial charge on any atom is -0.462 e. The van der Waals surface area contributed by atoms with Crippen LogP contribution in [0.2, 0.25) is 0 Å². The van der Waals surface area contributed by atoms with Crippen molar-refractivity contribution in [2.24, 2.45) is 0 Å². The summed E-state index contributed by atoms with van der Waals surface area (Å²) < 4.78 is 68.5. The Labute approximate surface area is 607 Å². The summed E-state index contributed by atoms with van der Waals surface area (Å²) in [5, 5.41) is 10.6. The van der Waals surface area contributed by atoms with Crippen LogP contribution in [0, 0.1) is 0 Å². The van der Waals surface area contributed by atoms with Gasteiger partial charge in [-0.2, -0.15) is 0 Å². The fourth-order valence-corrected chi connectivity index (χ4v) is 12.1. The molecule has 5 unspecified atom stereocenters. The second-order valence-electron chi connectivity index (χ2n) is 26.2. The number of hydrogen-bond donors (Lipinski definition) is 3. The highest BCUT2D eigenvalue weighted by Crippen LogP contribution is 2.45. The van der Waals surface area contributed by atoms with Crippen LogP contribution in [-0.2, 0) is 65.4 Å². The van der Waals surface area contributed by atoms with Gasteiger partial charge in [0.15, 0.2) is 12.2 Å². The SMILES string of the molecule is CC/C=C\C/C=C\C/C=C\C/C=C\CCCCCCCCC(=O)OCC(COP(=O)(O)OCC(O)COP(=O)(O)OCC(COC(=O)CCCCCCC/C=C\C/C=C\C/C=C\CC)OC(=O)CCCCCCC/C=C\CCCC)OC(=O)CCCCCCCCCCCCCCCCC. The number of hydrogen-bond acceptors (Lipinski definition) is 15. The van der Waals surface area contributed by atoms with Crippen LogP contribution in [0.1, 0.15) is 336 Å². The molecule has 0 aromatic carbocycles. The number of carbonyl (C=O) groups excluding carboxylic acids is 4. The van der Waals surface area contributed by atoms with Gasteiger partial charge in [0.05, 0.1) is 26.4 Å². The van der Waals surface area contributed by atoms with Crippen LogP contribution in [-0.4, -0.2) is 96.7 Å². The van der Waals surface area contributed by atoms with Crippen LogP contribution in [0.5, 0.6) is 0 Å². The quantitative estimate of drug-likeness (QED) is 0.0169. The van der Waals surface area contributed by atoms with Gasteiger partial charge in [0.25, 0.3) is 0 Å². The molecule has 3 N–H and O–H groups in total. The fourth-order valence-electron chi connectivity index (χ4n) is 10.6. The zero-order valence-electron chi connectivity index (χ0n) is 63.1. The molecule has 0 saturated heterocycles. The molecule has 578 valence electrons. The molecule has 5 atom stereocenters. The monoisotopic (exact) mass is 1450 g/mol. The van der Waals surface area contributed by atoms with Gasteiger partial charge in [0, 0.05) is 25.7 Å². The normalized spacial score (nSPS) is 14.4. The van der Waals surface area contributed by atoms with E-state index in [1.54, 1.807) is 0 Å². The van der Waals surface area contributed by atoms with Crippen LogP contribution in [0.25, 0.3) is 0 Å². The number of aliphatic hydroxyl groups is 1. The molecule has 0 radical (unpaired) electrons. The largest absolute Gasteiger partial charge is 0.472 e. The number of phosphoric acid groups is 2. The molecule has 0 spiro atoms. The molecule has 0 heterocycles. The number of unbranched alkanes of at least 4 members (excludes halogenated alkanes) is 32. The molecule has 0 fully saturated rings. The van der Waals surface area contributed by atoms with Crippen LogP contribution >= 0.6 is 15.6 Å². The first-order valence-electron chi connectivity index (χ1n) is 39.5. The topological polar surface area (TPSA) is 237 Å². The molecule has 0 bridgehead atoms. The van der Waals surface area contributed by atoms with Gasteiger partial charge in [-0.05, 0) is 116 Å². The van der Waals surface area contributed by atoms with E-state index >= 15 is 0 Å². The van der Waals surface area contributed by atoms with E-state index < -0.39 is 97.5 Å². The standard InChI is InChI=1S/C81H142O17P2/c1-5-9-13-17-21-25-29-32-35-36-37-38-41-43-47-50-54-58-62-66-79(84)92-72-77(98-81(86)68-64-60-56-52-48-44-40-34-31-27-23-19-15-11-7-3)74-96-100(89,90)94-70-75(82)69-93-99(87,88)95-73-76(97-80(85)67-63-59-55-51-45-28-24-20-16-12-8-4)71-91-78(83)65-61-57-53-49-46-42-39-33-30-26-22-18-14-10-6-2/h9-10,13-14,20-22,24-26,32-33,35,37-39,75-77,82H,5-8,11-12,15-19,23,27-31,34,36,40-74H2,1-4H3,(H,87,88)(H,89,90)/b13-9-,14-10-,24-20-,25-21-,26-22-,35-32-,38-37-,39-33-. The summed E-state index contributed by atoms with van der Waals surface area (Å²) in [6.07, 6.45) is 76.8. The number of carbonyl (C=O) groups is 4. The van der Waals surface area contributed by atoms with Gasteiger partial charge in [-0.25, -0.2) is 9.13 Å². The predicted molar refractivity (Wildman–Crippen MR) is 409 cm³/mol. The summed E-state index contributed by atoms with van der Waals surface area (Å²) in [5.41, 5.74) is 0. The Morgan fingerprint density at radius 3 is 0.840 bits per heavy atom. The Morgan fingerprint density at radius 2 is 0.530 bits per heavy atom.